The van der Waals surface area contributed by atoms with Crippen LogP contribution in [0.5, 0.6) is 0 Å². The predicted molar refractivity (Wildman–Crippen MR) is 202 cm³/mol. The van der Waals surface area contributed by atoms with Crippen LogP contribution in [0.1, 0.15) is 0 Å². The van der Waals surface area contributed by atoms with E-state index in [4.69, 9.17) is 6.57 Å². The first-order valence-electron chi connectivity index (χ1n) is 16.2. The van der Waals surface area contributed by atoms with E-state index in [0.29, 0.717) is 5.69 Å². The van der Waals surface area contributed by atoms with E-state index in [9.17, 15) is 0 Å². The summed E-state index contributed by atoms with van der Waals surface area (Å²) in [5, 5.41) is 9.52. The summed E-state index contributed by atoms with van der Waals surface area (Å²) in [5.41, 5.74) is 10.1. The lowest BCUT2D eigenvalue weighted by molar-refractivity contribution is 1.18. The number of fused-ring (bicyclic) bond motifs is 9. The Hall–Kier alpha value is -6.63. The van der Waals surface area contributed by atoms with Crippen molar-refractivity contribution >= 4 is 70.8 Å². The van der Waals surface area contributed by atoms with Crippen LogP contribution in [-0.2, 0) is 0 Å². The van der Waals surface area contributed by atoms with Gasteiger partial charge in [0.1, 0.15) is 0 Å². The lowest BCUT2D eigenvalue weighted by Crippen LogP contribution is -1.94. The van der Waals surface area contributed by atoms with Gasteiger partial charge in [0.15, 0.2) is 5.69 Å². The molecule has 0 fully saturated rings. The Labute approximate surface area is 276 Å². The van der Waals surface area contributed by atoms with Crippen molar-refractivity contribution in [2.75, 3.05) is 0 Å². The van der Waals surface area contributed by atoms with Crippen LogP contribution >= 0.6 is 0 Å². The molecule has 0 saturated heterocycles. The zero-order valence-corrected chi connectivity index (χ0v) is 25.9. The molecule has 0 aliphatic heterocycles. The highest BCUT2D eigenvalue weighted by Gasteiger charge is 2.18. The largest absolute Gasteiger partial charge is 0.309 e. The van der Waals surface area contributed by atoms with E-state index in [1.54, 1.807) is 0 Å². The smallest absolute Gasteiger partial charge is 0.187 e. The Morgan fingerprint density at radius 2 is 1.02 bits per heavy atom. The molecule has 0 saturated carbocycles. The number of nitrogens with zero attached hydrogens (tertiary/aromatic N) is 3. The zero-order chi connectivity index (χ0) is 31.8. The molecule has 10 aromatic rings. The molecule has 0 amide bonds. The van der Waals surface area contributed by atoms with Crippen molar-refractivity contribution in [3.63, 3.8) is 0 Å². The molecule has 0 atom stereocenters. The van der Waals surface area contributed by atoms with Crippen LogP contribution in [0.2, 0.25) is 0 Å². The third-order valence-electron chi connectivity index (χ3n) is 9.89. The third-order valence-corrected chi connectivity index (χ3v) is 9.89. The maximum absolute atomic E-state index is 7.59. The number of para-hydroxylation sites is 3. The van der Waals surface area contributed by atoms with Crippen molar-refractivity contribution in [2.24, 2.45) is 0 Å². The van der Waals surface area contributed by atoms with Crippen LogP contribution in [0, 0.1) is 6.57 Å². The standard InChI is InChI=1S/C45H27N3/c1-46-32-23-20-29-18-19-30-21-24-34(28-39(30)38(29)27-32)48-41-15-7-5-12-36(41)40-26-31(22-25-43(40)48)35-14-9-17-44-45(35)37-13-6-8-16-42(37)47(44)33-10-3-2-4-11-33/h2-28H. The third kappa shape index (κ3) is 3.81. The maximum atomic E-state index is 7.59. The quantitative estimate of drug-likeness (QED) is 0.140. The monoisotopic (exact) mass is 609 g/mol. The van der Waals surface area contributed by atoms with Gasteiger partial charge in [-0.3, -0.25) is 0 Å². The van der Waals surface area contributed by atoms with E-state index >= 15 is 0 Å². The van der Waals surface area contributed by atoms with Gasteiger partial charge >= 0.3 is 0 Å². The summed E-state index contributed by atoms with van der Waals surface area (Å²) in [5.74, 6) is 0. The van der Waals surface area contributed by atoms with E-state index in [1.807, 2.05) is 12.1 Å². The summed E-state index contributed by atoms with van der Waals surface area (Å²) in [6, 6.07) is 58.7. The van der Waals surface area contributed by atoms with Crippen LogP contribution in [0.25, 0.3) is 92.5 Å². The lowest BCUT2D eigenvalue weighted by Gasteiger charge is -2.12. The fourth-order valence-electron chi connectivity index (χ4n) is 7.77. The molecule has 3 nitrogen and oxygen atoms in total. The lowest BCUT2D eigenvalue weighted by atomic mass is 9.98. The van der Waals surface area contributed by atoms with E-state index in [0.717, 1.165) is 27.5 Å². The number of hydrogen-bond acceptors (Lipinski definition) is 0. The Balaban J connectivity index is 1.22. The van der Waals surface area contributed by atoms with Crippen molar-refractivity contribution < 1.29 is 0 Å². The number of hydrogen-bond donors (Lipinski definition) is 0. The van der Waals surface area contributed by atoms with Gasteiger partial charge in [-0.15, -0.1) is 0 Å². The summed E-state index contributed by atoms with van der Waals surface area (Å²) in [4.78, 5) is 3.71. The molecule has 48 heavy (non-hydrogen) atoms. The molecule has 0 aliphatic carbocycles. The Morgan fingerprint density at radius 1 is 0.396 bits per heavy atom. The van der Waals surface area contributed by atoms with Crippen LogP contribution in [0.4, 0.5) is 5.69 Å². The SMILES string of the molecule is [C-]#[N+]c1ccc2ccc3ccc(-n4c5ccccc5c5cc(-c6cccc7c6c6ccccc6n7-c6ccccc6)ccc54)cc3c2c1. The van der Waals surface area contributed by atoms with E-state index in [1.165, 1.54) is 60.1 Å². The molecule has 8 aromatic carbocycles. The summed E-state index contributed by atoms with van der Waals surface area (Å²) >= 11 is 0. The van der Waals surface area contributed by atoms with Gasteiger partial charge in [-0.1, -0.05) is 103 Å². The molecule has 0 unspecified atom stereocenters. The Bertz CT molecular complexity index is 2950. The molecule has 3 heteroatoms. The average molecular weight is 610 g/mol. The van der Waals surface area contributed by atoms with Gasteiger partial charge in [0.25, 0.3) is 0 Å². The van der Waals surface area contributed by atoms with Crippen molar-refractivity contribution in [3.8, 4) is 22.5 Å². The van der Waals surface area contributed by atoms with Gasteiger partial charge in [0, 0.05) is 32.9 Å². The maximum Gasteiger partial charge on any atom is 0.187 e. The van der Waals surface area contributed by atoms with Crippen molar-refractivity contribution in [3.05, 3.63) is 175 Å². The highest BCUT2D eigenvalue weighted by atomic mass is 15.0. The first-order chi connectivity index (χ1) is 23.8. The summed E-state index contributed by atoms with van der Waals surface area (Å²) in [6.07, 6.45) is 0. The van der Waals surface area contributed by atoms with Crippen molar-refractivity contribution in [1.29, 1.82) is 0 Å². The first-order valence-corrected chi connectivity index (χ1v) is 16.2. The molecule has 2 heterocycles. The zero-order valence-electron chi connectivity index (χ0n) is 25.9. The highest BCUT2D eigenvalue weighted by molar-refractivity contribution is 6.17. The summed E-state index contributed by atoms with van der Waals surface area (Å²) in [6.45, 7) is 7.59. The van der Waals surface area contributed by atoms with Gasteiger partial charge in [-0.2, -0.15) is 0 Å². The minimum absolute atomic E-state index is 0.659. The van der Waals surface area contributed by atoms with E-state index in [-0.39, 0.29) is 0 Å². The molecule has 0 bridgehead atoms. The number of aromatic nitrogens is 2. The predicted octanol–water partition coefficient (Wildman–Crippen LogP) is 12.4. The molecular formula is C45H27N3. The molecule has 0 radical (unpaired) electrons. The molecular weight excluding hydrogens is 583 g/mol. The Kier molecular flexibility index (Phi) is 5.64. The molecule has 10 rings (SSSR count). The van der Waals surface area contributed by atoms with Gasteiger partial charge in [-0.05, 0) is 93.3 Å². The second-order valence-electron chi connectivity index (χ2n) is 12.5. The Morgan fingerprint density at radius 3 is 1.83 bits per heavy atom. The van der Waals surface area contributed by atoms with Crippen LogP contribution in [0.3, 0.4) is 0 Å². The molecule has 222 valence electrons. The minimum Gasteiger partial charge on any atom is -0.309 e. The molecule has 0 spiro atoms. The topological polar surface area (TPSA) is 14.2 Å². The first kappa shape index (κ1) is 26.6. The van der Waals surface area contributed by atoms with Crippen LogP contribution in [-0.4, -0.2) is 9.13 Å². The minimum atomic E-state index is 0.659. The van der Waals surface area contributed by atoms with Gasteiger partial charge in [0.05, 0.1) is 28.6 Å². The van der Waals surface area contributed by atoms with E-state index < -0.39 is 0 Å². The van der Waals surface area contributed by atoms with Gasteiger partial charge in [-0.25, -0.2) is 4.85 Å². The molecule has 0 aliphatic rings. The van der Waals surface area contributed by atoms with Crippen LogP contribution < -0.4 is 0 Å². The second-order valence-corrected chi connectivity index (χ2v) is 12.5. The number of rotatable bonds is 3. The summed E-state index contributed by atoms with van der Waals surface area (Å²) in [7, 11) is 0. The number of benzene rings is 8. The average Bonchev–Trinajstić information content (AvgIpc) is 3.67. The second kappa shape index (κ2) is 10.2. The van der Waals surface area contributed by atoms with Crippen molar-refractivity contribution in [1.82, 2.24) is 9.13 Å². The normalized spacial score (nSPS) is 11.7. The van der Waals surface area contributed by atoms with E-state index in [2.05, 4.69) is 166 Å². The fraction of sp³-hybridized carbons (Fsp3) is 0. The van der Waals surface area contributed by atoms with Gasteiger partial charge < -0.3 is 9.13 Å². The van der Waals surface area contributed by atoms with Gasteiger partial charge in [0.2, 0.25) is 0 Å². The molecule has 0 N–H and O–H groups in total. The van der Waals surface area contributed by atoms with Crippen molar-refractivity contribution in [2.45, 2.75) is 0 Å². The van der Waals surface area contributed by atoms with Crippen LogP contribution in [0.15, 0.2) is 164 Å². The highest BCUT2D eigenvalue weighted by Crippen LogP contribution is 2.41. The summed E-state index contributed by atoms with van der Waals surface area (Å²) < 4.78 is 4.76. The molecule has 2 aromatic heterocycles. The fourth-order valence-corrected chi connectivity index (χ4v) is 7.77.